The van der Waals surface area contributed by atoms with E-state index in [-0.39, 0.29) is 5.82 Å². The van der Waals surface area contributed by atoms with E-state index >= 15 is 0 Å². The molecule has 0 radical (unpaired) electrons. The molecule has 1 N–H and O–H groups in total. The highest BCUT2D eigenvalue weighted by Crippen LogP contribution is 2.31. The van der Waals surface area contributed by atoms with Crippen LogP contribution in [0, 0.1) is 5.82 Å². The fraction of sp³-hybridized carbons (Fsp3) is 0.286. The van der Waals surface area contributed by atoms with E-state index in [2.05, 4.69) is 5.32 Å². The summed E-state index contributed by atoms with van der Waals surface area (Å²) < 4.78 is 24.6. The van der Waals surface area contributed by atoms with Crippen LogP contribution in [0.2, 0.25) is 5.02 Å². The van der Waals surface area contributed by atoms with E-state index in [0.29, 0.717) is 28.7 Å². The molecule has 2 aromatic rings. The zero-order chi connectivity index (χ0) is 13.8. The molecule has 0 aliphatic rings. The van der Waals surface area contributed by atoms with Crippen molar-refractivity contribution >= 4 is 11.6 Å². The van der Waals surface area contributed by atoms with Crippen molar-refractivity contribution in [2.45, 2.75) is 12.6 Å². The molecule has 0 saturated carbocycles. The molecule has 0 fully saturated rings. The Morgan fingerprint density at radius 1 is 1.37 bits per heavy atom. The van der Waals surface area contributed by atoms with Crippen LogP contribution in [0.1, 0.15) is 23.1 Å². The van der Waals surface area contributed by atoms with Crippen LogP contribution in [0.25, 0.3) is 0 Å². The van der Waals surface area contributed by atoms with Crippen molar-refractivity contribution in [2.24, 2.45) is 0 Å². The van der Waals surface area contributed by atoms with Gasteiger partial charge in [-0.1, -0.05) is 17.7 Å². The van der Waals surface area contributed by atoms with Crippen molar-refractivity contribution in [1.29, 1.82) is 0 Å². The second-order valence-corrected chi connectivity index (χ2v) is 4.50. The first kappa shape index (κ1) is 14.1. The van der Waals surface area contributed by atoms with Crippen LogP contribution >= 0.6 is 11.6 Å². The van der Waals surface area contributed by atoms with Gasteiger partial charge in [-0.2, -0.15) is 0 Å². The maximum Gasteiger partial charge on any atom is 0.129 e. The number of hydrogen-bond acceptors (Lipinski definition) is 3. The van der Waals surface area contributed by atoms with Crippen molar-refractivity contribution in [2.75, 3.05) is 14.2 Å². The largest absolute Gasteiger partial charge is 0.462 e. The number of ether oxygens (including phenoxy) is 1. The van der Waals surface area contributed by atoms with Crippen LogP contribution in [-0.2, 0) is 11.3 Å². The smallest absolute Gasteiger partial charge is 0.129 e. The molecule has 0 bridgehead atoms. The van der Waals surface area contributed by atoms with E-state index in [1.54, 1.807) is 38.4 Å². The second kappa shape index (κ2) is 6.19. The van der Waals surface area contributed by atoms with Crippen molar-refractivity contribution in [3.05, 3.63) is 58.3 Å². The summed E-state index contributed by atoms with van der Waals surface area (Å²) >= 11 is 6.07. The van der Waals surface area contributed by atoms with E-state index in [4.69, 9.17) is 20.8 Å². The third-order valence-corrected chi connectivity index (χ3v) is 3.16. The lowest BCUT2D eigenvalue weighted by molar-refractivity contribution is 0.162. The molecule has 102 valence electrons. The zero-order valence-corrected chi connectivity index (χ0v) is 11.5. The first-order valence-electron chi connectivity index (χ1n) is 5.86. The fourth-order valence-corrected chi connectivity index (χ4v) is 2.26. The number of nitrogens with one attached hydrogen (secondary N) is 1. The molecule has 0 amide bonds. The van der Waals surface area contributed by atoms with Crippen molar-refractivity contribution < 1.29 is 13.5 Å². The van der Waals surface area contributed by atoms with Crippen molar-refractivity contribution in [3.8, 4) is 0 Å². The summed E-state index contributed by atoms with van der Waals surface area (Å²) in [5.41, 5.74) is 0.380. The number of halogens is 2. The van der Waals surface area contributed by atoms with Gasteiger partial charge in [0.2, 0.25) is 0 Å². The van der Waals surface area contributed by atoms with Gasteiger partial charge in [0.15, 0.2) is 0 Å². The number of hydrogen-bond donors (Lipinski definition) is 1. The van der Waals surface area contributed by atoms with E-state index in [0.717, 1.165) is 0 Å². The highest BCUT2D eigenvalue weighted by Gasteiger charge is 2.22. The van der Waals surface area contributed by atoms with Gasteiger partial charge in [-0.25, -0.2) is 4.39 Å². The number of furan rings is 1. The quantitative estimate of drug-likeness (QED) is 0.911. The van der Waals surface area contributed by atoms with E-state index in [1.165, 1.54) is 6.07 Å². The molecule has 19 heavy (non-hydrogen) atoms. The summed E-state index contributed by atoms with van der Waals surface area (Å²) in [6, 6.07) is 7.77. The van der Waals surface area contributed by atoms with Gasteiger partial charge >= 0.3 is 0 Å². The molecule has 0 aliphatic heterocycles. The molecule has 1 unspecified atom stereocenters. The minimum Gasteiger partial charge on any atom is -0.462 e. The first-order chi connectivity index (χ1) is 9.17. The van der Waals surface area contributed by atoms with Gasteiger partial charge in [-0.05, 0) is 31.3 Å². The Morgan fingerprint density at radius 3 is 2.79 bits per heavy atom. The molecule has 0 spiro atoms. The molecule has 0 aliphatic carbocycles. The summed E-state index contributed by atoms with van der Waals surface area (Å²) in [4.78, 5) is 0. The van der Waals surface area contributed by atoms with Gasteiger partial charge in [0.05, 0.1) is 6.04 Å². The Labute approximate surface area is 116 Å². The Hall–Kier alpha value is -1.36. The Morgan fingerprint density at radius 2 is 2.16 bits per heavy atom. The molecule has 1 aromatic carbocycles. The SMILES string of the molecule is CNC(c1ccc(COC)o1)c1c(F)cccc1Cl. The van der Waals surface area contributed by atoms with Gasteiger partial charge in [-0.3, -0.25) is 0 Å². The standard InChI is InChI=1S/C14H15ClFNO2/c1-17-14(12-7-6-9(19-12)8-18-2)13-10(15)4-3-5-11(13)16/h3-7,14,17H,8H2,1-2H3. The second-order valence-electron chi connectivity index (χ2n) is 4.09. The van der Waals surface area contributed by atoms with Crippen molar-refractivity contribution in [1.82, 2.24) is 5.32 Å². The van der Waals surface area contributed by atoms with Gasteiger partial charge in [0.1, 0.15) is 23.9 Å². The number of benzene rings is 1. The van der Waals surface area contributed by atoms with E-state index in [9.17, 15) is 4.39 Å². The van der Waals surface area contributed by atoms with E-state index < -0.39 is 6.04 Å². The van der Waals surface area contributed by atoms with Gasteiger partial charge in [-0.15, -0.1) is 0 Å². The molecule has 1 aromatic heterocycles. The zero-order valence-electron chi connectivity index (χ0n) is 10.7. The highest BCUT2D eigenvalue weighted by atomic mass is 35.5. The molecule has 5 heteroatoms. The Balaban J connectivity index is 2.38. The molecule has 0 saturated heterocycles. The van der Waals surface area contributed by atoms with Crippen LogP contribution in [-0.4, -0.2) is 14.2 Å². The van der Waals surface area contributed by atoms with Crippen LogP contribution in [0.4, 0.5) is 4.39 Å². The van der Waals surface area contributed by atoms with Gasteiger partial charge < -0.3 is 14.5 Å². The highest BCUT2D eigenvalue weighted by molar-refractivity contribution is 6.31. The van der Waals surface area contributed by atoms with Crippen LogP contribution in [0.3, 0.4) is 0 Å². The summed E-state index contributed by atoms with van der Waals surface area (Å²) in [6.07, 6.45) is 0. The topological polar surface area (TPSA) is 34.4 Å². The normalized spacial score (nSPS) is 12.6. The van der Waals surface area contributed by atoms with E-state index in [1.807, 2.05) is 0 Å². The molecule has 3 nitrogen and oxygen atoms in total. The molecule has 1 atom stereocenters. The minimum absolute atomic E-state index is 0.364. The summed E-state index contributed by atoms with van der Waals surface area (Å²) in [5, 5.41) is 3.38. The first-order valence-corrected chi connectivity index (χ1v) is 6.24. The average Bonchev–Trinajstić information content (AvgIpc) is 2.83. The average molecular weight is 284 g/mol. The summed E-state index contributed by atoms with van der Waals surface area (Å²) in [5.74, 6) is 0.920. The Kier molecular flexibility index (Phi) is 4.58. The fourth-order valence-electron chi connectivity index (χ4n) is 1.98. The maximum absolute atomic E-state index is 13.9. The summed E-state index contributed by atoms with van der Waals surface area (Å²) in [6.45, 7) is 0.376. The lowest BCUT2D eigenvalue weighted by Crippen LogP contribution is -2.18. The lowest BCUT2D eigenvalue weighted by atomic mass is 10.0. The van der Waals surface area contributed by atoms with Crippen LogP contribution in [0.15, 0.2) is 34.7 Å². The lowest BCUT2D eigenvalue weighted by Gasteiger charge is -2.16. The predicted molar refractivity (Wildman–Crippen MR) is 71.7 cm³/mol. The molecular weight excluding hydrogens is 269 g/mol. The monoisotopic (exact) mass is 283 g/mol. The van der Waals surface area contributed by atoms with Crippen molar-refractivity contribution in [3.63, 3.8) is 0 Å². The van der Waals surface area contributed by atoms with Crippen LogP contribution < -0.4 is 5.32 Å². The molecule has 2 rings (SSSR count). The summed E-state index contributed by atoms with van der Waals surface area (Å²) in [7, 11) is 3.32. The maximum atomic E-state index is 13.9. The van der Waals surface area contributed by atoms with Gasteiger partial charge in [0.25, 0.3) is 0 Å². The third kappa shape index (κ3) is 2.97. The van der Waals surface area contributed by atoms with Gasteiger partial charge in [0, 0.05) is 17.7 Å². The predicted octanol–water partition coefficient (Wildman–Crippen LogP) is 3.53. The number of rotatable bonds is 5. The molecular formula is C14H15ClFNO2. The Bertz CT molecular complexity index is 536. The minimum atomic E-state index is -0.431. The number of methoxy groups -OCH3 is 1. The third-order valence-electron chi connectivity index (χ3n) is 2.83. The van der Waals surface area contributed by atoms with Crippen LogP contribution in [0.5, 0.6) is 0 Å². The molecule has 1 heterocycles.